The highest BCUT2D eigenvalue weighted by Crippen LogP contribution is 2.18. The van der Waals surface area contributed by atoms with Gasteiger partial charge in [-0.3, -0.25) is 14.6 Å². The second kappa shape index (κ2) is 7.43. The summed E-state index contributed by atoms with van der Waals surface area (Å²) in [7, 11) is 0. The summed E-state index contributed by atoms with van der Waals surface area (Å²) in [6, 6.07) is 5.96. The highest BCUT2D eigenvalue weighted by Gasteiger charge is 2.23. The molecule has 1 aromatic rings. The summed E-state index contributed by atoms with van der Waals surface area (Å²) in [5.74, 6) is 0.0367. The second-order valence-electron chi connectivity index (χ2n) is 7.16. The fraction of sp³-hybridized carbons (Fsp3) is 0.611. The summed E-state index contributed by atoms with van der Waals surface area (Å²) < 4.78 is 0. The van der Waals surface area contributed by atoms with Crippen LogP contribution < -0.4 is 5.32 Å². The minimum absolute atomic E-state index is 0.0367. The monoisotopic (exact) mass is 319 g/mol. The highest BCUT2D eigenvalue weighted by atomic mass is 16.3. The number of amides is 1. The Balaban J connectivity index is 1.80. The van der Waals surface area contributed by atoms with E-state index >= 15 is 0 Å². The van der Waals surface area contributed by atoms with Gasteiger partial charge in [-0.25, -0.2) is 0 Å². The van der Waals surface area contributed by atoms with E-state index in [0.29, 0.717) is 13.1 Å². The van der Waals surface area contributed by atoms with Crippen LogP contribution in [0.4, 0.5) is 5.69 Å². The first-order valence-corrected chi connectivity index (χ1v) is 8.28. The lowest BCUT2D eigenvalue weighted by Crippen LogP contribution is -2.51. The van der Waals surface area contributed by atoms with Gasteiger partial charge in [0.1, 0.15) is 0 Å². The molecule has 2 N–H and O–H groups in total. The SMILES string of the molecule is Cc1cccc(NC(=O)CN2CCN(CC(C)(C)O)CC2)c1C. The van der Waals surface area contributed by atoms with Crippen LogP contribution in [0.1, 0.15) is 25.0 Å². The number of nitrogens with zero attached hydrogens (tertiary/aromatic N) is 2. The molecule has 1 saturated heterocycles. The number of aliphatic hydroxyl groups is 1. The van der Waals surface area contributed by atoms with E-state index in [1.165, 1.54) is 5.56 Å². The zero-order valence-corrected chi connectivity index (χ0v) is 14.7. The van der Waals surface area contributed by atoms with Crippen molar-refractivity contribution in [3.8, 4) is 0 Å². The van der Waals surface area contributed by atoms with Gasteiger partial charge >= 0.3 is 0 Å². The summed E-state index contributed by atoms with van der Waals surface area (Å²) >= 11 is 0. The Hall–Kier alpha value is -1.43. The van der Waals surface area contributed by atoms with Gasteiger partial charge in [0, 0.05) is 38.4 Å². The van der Waals surface area contributed by atoms with Gasteiger partial charge in [0.25, 0.3) is 0 Å². The van der Waals surface area contributed by atoms with Gasteiger partial charge in [-0.1, -0.05) is 12.1 Å². The van der Waals surface area contributed by atoms with Crippen molar-refractivity contribution in [1.82, 2.24) is 9.80 Å². The Labute approximate surface area is 139 Å². The Morgan fingerprint density at radius 3 is 2.39 bits per heavy atom. The van der Waals surface area contributed by atoms with Gasteiger partial charge in [0.05, 0.1) is 12.1 Å². The summed E-state index contributed by atoms with van der Waals surface area (Å²) in [5.41, 5.74) is 2.54. The van der Waals surface area contributed by atoms with Gasteiger partial charge in [0.15, 0.2) is 0 Å². The molecule has 0 aliphatic carbocycles. The average molecular weight is 319 g/mol. The molecule has 128 valence electrons. The van der Waals surface area contributed by atoms with Crippen molar-refractivity contribution >= 4 is 11.6 Å². The van der Waals surface area contributed by atoms with Crippen LogP contribution in [0.15, 0.2) is 18.2 Å². The van der Waals surface area contributed by atoms with Crippen molar-refractivity contribution in [2.75, 3.05) is 44.6 Å². The maximum absolute atomic E-state index is 12.2. The minimum atomic E-state index is -0.664. The van der Waals surface area contributed by atoms with Gasteiger partial charge in [-0.2, -0.15) is 0 Å². The topological polar surface area (TPSA) is 55.8 Å². The molecule has 0 bridgehead atoms. The number of rotatable bonds is 5. The number of piperazine rings is 1. The lowest BCUT2D eigenvalue weighted by molar-refractivity contribution is -0.117. The molecule has 0 unspecified atom stereocenters. The molecule has 0 saturated carbocycles. The maximum Gasteiger partial charge on any atom is 0.238 e. The van der Waals surface area contributed by atoms with Crippen molar-refractivity contribution in [1.29, 1.82) is 0 Å². The van der Waals surface area contributed by atoms with E-state index in [1.54, 1.807) is 0 Å². The van der Waals surface area contributed by atoms with Crippen LogP contribution in [0, 0.1) is 13.8 Å². The molecule has 5 nitrogen and oxygen atoms in total. The van der Waals surface area contributed by atoms with Crippen molar-refractivity contribution in [2.24, 2.45) is 0 Å². The third-order valence-corrected chi connectivity index (χ3v) is 4.32. The lowest BCUT2D eigenvalue weighted by Gasteiger charge is -2.37. The fourth-order valence-corrected chi connectivity index (χ4v) is 2.93. The third kappa shape index (κ3) is 5.61. The smallest absolute Gasteiger partial charge is 0.238 e. The number of nitrogens with one attached hydrogen (secondary N) is 1. The van der Waals surface area contributed by atoms with Crippen molar-refractivity contribution in [2.45, 2.75) is 33.3 Å². The molecule has 0 aromatic heterocycles. The fourth-order valence-electron chi connectivity index (χ4n) is 2.93. The molecule has 23 heavy (non-hydrogen) atoms. The number of hydrogen-bond donors (Lipinski definition) is 2. The lowest BCUT2D eigenvalue weighted by atomic mass is 10.1. The van der Waals surface area contributed by atoms with E-state index in [9.17, 15) is 9.90 Å². The summed E-state index contributed by atoms with van der Waals surface area (Å²) in [5, 5.41) is 12.9. The van der Waals surface area contributed by atoms with Crippen LogP contribution in [-0.4, -0.2) is 65.7 Å². The first kappa shape index (κ1) is 17.9. The number of hydrogen-bond acceptors (Lipinski definition) is 4. The summed E-state index contributed by atoms with van der Waals surface area (Å²) in [6.45, 7) is 12.3. The van der Waals surface area contributed by atoms with E-state index in [2.05, 4.69) is 15.1 Å². The molecule has 5 heteroatoms. The first-order chi connectivity index (χ1) is 10.7. The molecule has 0 radical (unpaired) electrons. The van der Waals surface area contributed by atoms with Crippen LogP contribution in [0.25, 0.3) is 0 Å². The van der Waals surface area contributed by atoms with Crippen LogP contribution in [0.2, 0.25) is 0 Å². The third-order valence-electron chi connectivity index (χ3n) is 4.32. The molecule has 1 aliphatic heterocycles. The Morgan fingerprint density at radius 2 is 1.78 bits per heavy atom. The summed E-state index contributed by atoms with van der Waals surface area (Å²) in [4.78, 5) is 16.7. The normalized spacial score (nSPS) is 17.3. The van der Waals surface area contributed by atoms with Gasteiger partial charge in [-0.15, -0.1) is 0 Å². The number of anilines is 1. The number of carbonyl (C=O) groups is 1. The number of aryl methyl sites for hydroxylation is 1. The Bertz CT molecular complexity index is 544. The predicted octanol–water partition coefficient (Wildman–Crippen LogP) is 1.63. The number of benzene rings is 1. The molecule has 1 aromatic carbocycles. The molecule has 1 aliphatic rings. The maximum atomic E-state index is 12.2. The van der Waals surface area contributed by atoms with E-state index in [1.807, 2.05) is 45.9 Å². The molecular formula is C18H29N3O2. The second-order valence-corrected chi connectivity index (χ2v) is 7.16. The molecule has 2 rings (SSSR count). The van der Waals surface area contributed by atoms with Gasteiger partial charge in [-0.05, 0) is 44.9 Å². The number of β-amino-alcohol motifs (C(OH)–C–C–N with tert-alkyl or cyclic N) is 1. The average Bonchev–Trinajstić information content (AvgIpc) is 2.44. The van der Waals surface area contributed by atoms with Crippen molar-refractivity contribution in [3.63, 3.8) is 0 Å². The summed E-state index contributed by atoms with van der Waals surface area (Å²) in [6.07, 6.45) is 0. The van der Waals surface area contributed by atoms with Crippen LogP contribution >= 0.6 is 0 Å². The zero-order chi connectivity index (χ0) is 17.0. The molecule has 0 spiro atoms. The van der Waals surface area contributed by atoms with E-state index in [0.717, 1.165) is 37.4 Å². The molecular weight excluding hydrogens is 290 g/mol. The molecule has 1 heterocycles. The molecule has 1 amide bonds. The van der Waals surface area contributed by atoms with E-state index in [4.69, 9.17) is 0 Å². The zero-order valence-electron chi connectivity index (χ0n) is 14.7. The van der Waals surface area contributed by atoms with Crippen molar-refractivity contribution in [3.05, 3.63) is 29.3 Å². The van der Waals surface area contributed by atoms with Crippen molar-refractivity contribution < 1.29 is 9.90 Å². The standard InChI is InChI=1S/C18H29N3O2/c1-14-6-5-7-16(15(14)2)19-17(22)12-20-8-10-21(11-9-20)13-18(3,4)23/h5-7,23H,8-13H2,1-4H3,(H,19,22). The van der Waals surface area contributed by atoms with E-state index in [-0.39, 0.29) is 5.91 Å². The molecule has 0 atom stereocenters. The minimum Gasteiger partial charge on any atom is -0.389 e. The van der Waals surface area contributed by atoms with E-state index < -0.39 is 5.60 Å². The van der Waals surface area contributed by atoms with Crippen LogP contribution in [0.3, 0.4) is 0 Å². The van der Waals surface area contributed by atoms with Crippen LogP contribution in [0.5, 0.6) is 0 Å². The van der Waals surface area contributed by atoms with Gasteiger partial charge < -0.3 is 10.4 Å². The van der Waals surface area contributed by atoms with Crippen LogP contribution in [-0.2, 0) is 4.79 Å². The first-order valence-electron chi connectivity index (χ1n) is 8.28. The predicted molar refractivity (Wildman–Crippen MR) is 93.7 cm³/mol. The quantitative estimate of drug-likeness (QED) is 0.866. The Kier molecular flexibility index (Phi) is 5.79. The number of carbonyl (C=O) groups excluding carboxylic acids is 1. The largest absolute Gasteiger partial charge is 0.389 e. The highest BCUT2D eigenvalue weighted by molar-refractivity contribution is 5.93. The van der Waals surface area contributed by atoms with Gasteiger partial charge in [0.2, 0.25) is 5.91 Å². The Morgan fingerprint density at radius 1 is 1.17 bits per heavy atom. The molecule has 1 fully saturated rings.